The number of hydrogen-bond acceptors (Lipinski definition) is 2. The third-order valence-electron chi connectivity index (χ3n) is 15.7. The molecule has 0 aliphatic heterocycles. The van der Waals surface area contributed by atoms with E-state index in [1.165, 1.54) is 34.5 Å². The first-order chi connectivity index (χ1) is 42.3. The van der Waals surface area contributed by atoms with E-state index in [0.717, 1.165) is 60.9 Å². The number of ether oxygens (including phenoxy) is 1. The summed E-state index contributed by atoms with van der Waals surface area (Å²) in [7, 11) is 0. The van der Waals surface area contributed by atoms with Crippen molar-refractivity contribution in [1.29, 1.82) is 0 Å². The third-order valence-corrected chi connectivity index (χ3v) is 15.7. The van der Waals surface area contributed by atoms with E-state index in [-0.39, 0.29) is 65.2 Å². The van der Waals surface area contributed by atoms with Crippen molar-refractivity contribution in [2.45, 2.75) is 112 Å². The number of pyridine rings is 1. The largest absolute Gasteiger partial charge is 0.510 e. The monoisotopic (exact) mass is 1270 g/mol. The van der Waals surface area contributed by atoms with Gasteiger partial charge in [-0.2, -0.15) is 18.2 Å². The summed E-state index contributed by atoms with van der Waals surface area (Å²) in [6.07, 6.45) is 5.22. The first kappa shape index (κ1) is 47.4. The minimum absolute atomic E-state index is 0. The predicted octanol–water partition coefficient (Wildman–Crippen LogP) is 19.8. The molecule has 3 aromatic heterocycles. The second kappa shape index (κ2) is 21.6. The maximum atomic E-state index is 8.72. The maximum absolute atomic E-state index is 8.72. The van der Waals surface area contributed by atoms with Gasteiger partial charge in [0.1, 0.15) is 5.82 Å². The van der Waals surface area contributed by atoms with Crippen LogP contribution in [0.15, 0.2) is 200 Å². The molecule has 9 aromatic carbocycles. The molecule has 0 amide bonds. The van der Waals surface area contributed by atoms with Gasteiger partial charge in [-0.25, -0.2) is 4.98 Å². The van der Waals surface area contributed by atoms with E-state index >= 15 is 0 Å². The summed E-state index contributed by atoms with van der Waals surface area (Å²) in [5, 5.41) is 1.65. The van der Waals surface area contributed by atoms with Crippen molar-refractivity contribution >= 4 is 32.8 Å². The van der Waals surface area contributed by atoms with Crippen molar-refractivity contribution in [3.63, 3.8) is 0 Å². The van der Waals surface area contributed by atoms with E-state index in [4.69, 9.17) is 20.7 Å². The molecule has 0 saturated carbocycles. The zero-order valence-corrected chi connectivity index (χ0v) is 51.5. The van der Waals surface area contributed by atoms with Gasteiger partial charge in [-0.05, 0) is 125 Å². The summed E-state index contributed by atoms with van der Waals surface area (Å²) >= 11 is 0. The Balaban J connectivity index is 0.00000850. The molecule has 6 heteroatoms. The number of hydrogen-bond donors (Lipinski definition) is 0. The van der Waals surface area contributed by atoms with Gasteiger partial charge in [0.25, 0.3) is 6.33 Å². The molecular weight excluding hydrogens is 1190 g/mol. The number of benzene rings is 9. The van der Waals surface area contributed by atoms with Crippen molar-refractivity contribution in [1.82, 2.24) is 14.1 Å². The number of rotatable bonds is 9. The second-order valence-corrected chi connectivity index (χ2v) is 25.7. The second-order valence-electron chi connectivity index (χ2n) is 25.7. The molecule has 3 heterocycles. The zero-order chi connectivity index (χ0) is 64.3. The Morgan fingerprint density at radius 1 is 0.494 bits per heavy atom. The van der Waals surface area contributed by atoms with Crippen LogP contribution < -0.4 is 9.30 Å². The molecule has 83 heavy (non-hydrogen) atoms. The van der Waals surface area contributed by atoms with E-state index in [1.807, 2.05) is 59.2 Å². The van der Waals surface area contributed by atoms with E-state index in [9.17, 15) is 0 Å². The summed E-state index contributed by atoms with van der Waals surface area (Å²) in [4.78, 5) is 4.77. The maximum Gasteiger partial charge on any atom is 0.268 e. The van der Waals surface area contributed by atoms with Gasteiger partial charge < -0.3 is 13.9 Å². The smallest absolute Gasteiger partial charge is 0.268 e. The number of imidazole rings is 1. The topological polar surface area (TPSA) is 35.9 Å². The Morgan fingerprint density at radius 2 is 1.11 bits per heavy atom. The van der Waals surface area contributed by atoms with Gasteiger partial charge in [0.05, 0.1) is 23.6 Å². The molecule has 0 radical (unpaired) electrons. The molecule has 0 bridgehead atoms. The normalized spacial score (nSPS) is 13.8. The van der Waals surface area contributed by atoms with Gasteiger partial charge in [-0.1, -0.05) is 234 Å². The first-order valence-electron chi connectivity index (χ1n) is 32.1. The summed E-state index contributed by atoms with van der Waals surface area (Å²) in [6, 6.07) is 61.2. The number of aromatic nitrogens is 4. The molecule has 0 saturated heterocycles. The Kier molecular flexibility index (Phi) is 12.3. The van der Waals surface area contributed by atoms with Crippen LogP contribution in [0.4, 0.5) is 0 Å². The number of aryl methyl sites for hydroxylation is 1. The van der Waals surface area contributed by atoms with Crippen molar-refractivity contribution in [2.75, 3.05) is 0 Å². The molecule has 0 N–H and O–H groups in total. The predicted molar refractivity (Wildman–Crippen MR) is 341 cm³/mol. The average Bonchev–Trinajstić information content (AvgIpc) is 1.72. The molecule has 0 aliphatic rings. The summed E-state index contributed by atoms with van der Waals surface area (Å²) in [6.45, 7) is 24.3. The van der Waals surface area contributed by atoms with Crippen molar-refractivity contribution < 1.29 is 41.3 Å². The molecule has 0 fully saturated rings. The molecule has 12 aromatic rings. The molecular formula is C77H72N4OPt-2. The van der Waals surface area contributed by atoms with Gasteiger partial charge in [0, 0.05) is 54.0 Å². The minimum Gasteiger partial charge on any atom is -0.510 e. The van der Waals surface area contributed by atoms with Crippen LogP contribution in [0.3, 0.4) is 0 Å². The third kappa shape index (κ3) is 11.1. The molecule has 0 spiro atoms. The van der Waals surface area contributed by atoms with Crippen LogP contribution in [-0.4, -0.2) is 14.1 Å². The quantitative estimate of drug-likeness (QED) is 0.107. The fourth-order valence-electron chi connectivity index (χ4n) is 10.9. The van der Waals surface area contributed by atoms with Gasteiger partial charge in [0.2, 0.25) is 0 Å². The summed E-state index contributed by atoms with van der Waals surface area (Å²) in [5.41, 5.74) is 15.1. The van der Waals surface area contributed by atoms with Gasteiger partial charge in [-0.15, -0.1) is 29.7 Å². The van der Waals surface area contributed by atoms with Crippen LogP contribution >= 0.6 is 0 Å². The van der Waals surface area contributed by atoms with Crippen molar-refractivity contribution in [3.05, 3.63) is 246 Å². The standard InChI is InChI=1S/C77H72N4O.Pt/c1-50-40-72(78-48-67(50)52-22-15-14-16-23-52)81-68-31-18-17-30-63(68)64-38-37-62(47-70(64)81)82-61-29-21-28-60(46-61)79-49-80(69-39-34-53(43-71(69)79)51-32-35-56(36-33-51)74(2,3)4)73-65(54-24-19-26-57(41-54)75(5,6)7)44-59(77(11,12)13)45-66(73)55-25-20-27-58(42-55)76(8,9)10;/h14-45,48H,1-13H3;/q-2;/i1D3,14D,15D,16D,22D,23D;. The molecule has 12 rings (SSSR count). The number of para-hydroxylation sites is 1. The summed E-state index contributed by atoms with van der Waals surface area (Å²) in [5.74, 6) is 0.981. The Hall–Kier alpha value is -8.11. The average molecular weight is 1270 g/mol. The van der Waals surface area contributed by atoms with E-state index in [1.54, 1.807) is 0 Å². The molecule has 418 valence electrons. The first-order valence-corrected chi connectivity index (χ1v) is 28.1. The Morgan fingerprint density at radius 3 is 1.75 bits per heavy atom. The van der Waals surface area contributed by atoms with Crippen molar-refractivity contribution in [2.24, 2.45) is 0 Å². The molecule has 5 nitrogen and oxygen atoms in total. The fourth-order valence-corrected chi connectivity index (χ4v) is 10.9. The van der Waals surface area contributed by atoms with E-state index in [0.29, 0.717) is 28.2 Å². The van der Waals surface area contributed by atoms with Gasteiger partial charge >= 0.3 is 0 Å². The SMILES string of the molecule is [2H]c1c([2H])c([2H])c(-c2cnc(-n3c4[c-]c(Oc5[c-]c(-n6[c-][n+](-c7c(-c8cccc(C(C)(C)C)c8)cc(C(C)(C)C)cc7-c7cccc(C(C)(C)C)c7)c7ccc(-c8ccc(C(C)(C)C)cc8)cc76)ccc5)ccc4c4ccccc43)cc2C([2H])([2H])[2H])c([2H])c1[2H].[Pt]. The van der Waals surface area contributed by atoms with E-state index < -0.39 is 37.1 Å². The van der Waals surface area contributed by atoms with Crippen LogP contribution in [-0.2, 0) is 42.7 Å². The summed E-state index contributed by atoms with van der Waals surface area (Å²) < 4.78 is 81.3. The Bertz CT molecular complexity index is 4730. The number of fused-ring (bicyclic) bond motifs is 4. The van der Waals surface area contributed by atoms with Crippen LogP contribution in [0, 0.1) is 25.3 Å². The van der Waals surface area contributed by atoms with Crippen LogP contribution in [0.5, 0.6) is 11.5 Å². The van der Waals surface area contributed by atoms with Crippen LogP contribution in [0.25, 0.3) is 94.5 Å². The molecule has 0 unspecified atom stereocenters. The molecule has 0 atom stereocenters. The number of nitrogens with zero attached hydrogens (tertiary/aromatic N) is 4. The van der Waals surface area contributed by atoms with Crippen molar-refractivity contribution in [3.8, 4) is 73.2 Å². The minimum atomic E-state index is -2.77. The molecule has 0 aliphatic carbocycles. The van der Waals surface area contributed by atoms with Gasteiger partial charge in [-0.3, -0.25) is 4.57 Å². The Labute approximate surface area is 516 Å². The van der Waals surface area contributed by atoms with Gasteiger partial charge in [0.15, 0.2) is 0 Å². The zero-order valence-electron chi connectivity index (χ0n) is 57.2. The van der Waals surface area contributed by atoms with Crippen LogP contribution in [0.2, 0.25) is 0 Å². The van der Waals surface area contributed by atoms with E-state index in [2.05, 4.69) is 214 Å². The van der Waals surface area contributed by atoms with Crippen LogP contribution in [0.1, 0.15) is 122 Å². The fraction of sp³-hybridized carbons (Fsp3) is 0.221.